The van der Waals surface area contributed by atoms with E-state index >= 15 is 0 Å². The molecule has 2 aromatic rings. The van der Waals surface area contributed by atoms with E-state index in [9.17, 15) is 13.2 Å². The molecule has 0 saturated carbocycles. The van der Waals surface area contributed by atoms with Gasteiger partial charge in [0.15, 0.2) is 11.6 Å². The fourth-order valence-corrected chi connectivity index (χ4v) is 2.87. The SMILES string of the molecule is Fc1cc(Br)cc(C(Br)Cc2ccc(F)c(F)c2)c1. The highest BCUT2D eigenvalue weighted by Crippen LogP contribution is 2.30. The second-order valence-electron chi connectivity index (χ2n) is 4.12. The fourth-order valence-electron chi connectivity index (χ4n) is 1.75. The van der Waals surface area contributed by atoms with Crippen LogP contribution in [0.4, 0.5) is 13.2 Å². The van der Waals surface area contributed by atoms with Crippen LogP contribution in [0.25, 0.3) is 0 Å². The van der Waals surface area contributed by atoms with Crippen LogP contribution >= 0.6 is 31.9 Å². The first-order chi connectivity index (χ1) is 8.95. The summed E-state index contributed by atoms with van der Waals surface area (Å²) in [5.74, 6) is -2.10. The van der Waals surface area contributed by atoms with Crippen LogP contribution in [-0.4, -0.2) is 0 Å². The van der Waals surface area contributed by atoms with Gasteiger partial charge in [0.1, 0.15) is 5.82 Å². The molecule has 0 radical (unpaired) electrons. The molecule has 0 fully saturated rings. The van der Waals surface area contributed by atoms with Crippen LogP contribution in [0.1, 0.15) is 16.0 Å². The van der Waals surface area contributed by atoms with Crippen molar-refractivity contribution in [3.63, 3.8) is 0 Å². The van der Waals surface area contributed by atoms with Crippen LogP contribution < -0.4 is 0 Å². The number of benzene rings is 2. The largest absolute Gasteiger partial charge is 0.207 e. The van der Waals surface area contributed by atoms with Gasteiger partial charge < -0.3 is 0 Å². The molecule has 0 bridgehead atoms. The number of halogens is 5. The van der Waals surface area contributed by atoms with Gasteiger partial charge in [0.05, 0.1) is 0 Å². The number of alkyl halides is 1. The summed E-state index contributed by atoms with van der Waals surface area (Å²) in [7, 11) is 0. The van der Waals surface area contributed by atoms with Crippen LogP contribution in [0.15, 0.2) is 40.9 Å². The molecule has 0 heterocycles. The van der Waals surface area contributed by atoms with Crippen molar-refractivity contribution in [1.29, 1.82) is 0 Å². The summed E-state index contributed by atoms with van der Waals surface area (Å²) in [4.78, 5) is -0.177. The summed E-state index contributed by atoms with van der Waals surface area (Å²) in [5.41, 5.74) is 1.37. The van der Waals surface area contributed by atoms with Crippen LogP contribution in [0, 0.1) is 17.5 Å². The van der Waals surface area contributed by atoms with Crippen LogP contribution in [0.2, 0.25) is 0 Å². The molecule has 0 aliphatic carbocycles. The average Bonchev–Trinajstić information content (AvgIpc) is 2.32. The molecular weight excluding hydrogens is 385 g/mol. The molecule has 0 spiro atoms. The van der Waals surface area contributed by atoms with Gasteiger partial charge in [-0.25, -0.2) is 13.2 Å². The Morgan fingerprint density at radius 3 is 2.32 bits per heavy atom. The van der Waals surface area contributed by atoms with Gasteiger partial charge in [0, 0.05) is 9.30 Å². The third-order valence-electron chi connectivity index (χ3n) is 2.65. The summed E-state index contributed by atoms with van der Waals surface area (Å²) in [6, 6.07) is 8.30. The van der Waals surface area contributed by atoms with Gasteiger partial charge in [-0.15, -0.1) is 0 Å². The molecule has 1 atom stereocenters. The Kier molecular flexibility index (Phi) is 4.68. The Morgan fingerprint density at radius 1 is 0.947 bits per heavy atom. The molecule has 0 aromatic heterocycles. The summed E-state index contributed by atoms with van der Waals surface area (Å²) in [6.45, 7) is 0. The van der Waals surface area contributed by atoms with E-state index < -0.39 is 11.6 Å². The van der Waals surface area contributed by atoms with E-state index in [2.05, 4.69) is 31.9 Å². The van der Waals surface area contributed by atoms with E-state index in [1.807, 2.05) is 0 Å². The molecule has 100 valence electrons. The van der Waals surface area contributed by atoms with Crippen molar-refractivity contribution in [2.24, 2.45) is 0 Å². The van der Waals surface area contributed by atoms with Crippen LogP contribution in [-0.2, 0) is 6.42 Å². The summed E-state index contributed by atoms with van der Waals surface area (Å²) in [5, 5.41) is 0. The van der Waals surface area contributed by atoms with Crippen molar-refractivity contribution in [2.75, 3.05) is 0 Å². The average molecular weight is 394 g/mol. The van der Waals surface area contributed by atoms with Gasteiger partial charge >= 0.3 is 0 Å². The monoisotopic (exact) mass is 392 g/mol. The van der Waals surface area contributed by atoms with Crippen molar-refractivity contribution in [3.8, 4) is 0 Å². The Morgan fingerprint density at radius 2 is 1.68 bits per heavy atom. The van der Waals surface area contributed by atoms with E-state index in [1.165, 1.54) is 18.2 Å². The lowest BCUT2D eigenvalue weighted by molar-refractivity contribution is 0.507. The molecule has 1 unspecified atom stereocenters. The molecule has 5 heteroatoms. The maximum absolute atomic E-state index is 13.3. The second-order valence-corrected chi connectivity index (χ2v) is 6.14. The van der Waals surface area contributed by atoms with Gasteiger partial charge in [-0.1, -0.05) is 37.9 Å². The summed E-state index contributed by atoms with van der Waals surface area (Å²) in [6.07, 6.45) is 0.438. The van der Waals surface area contributed by atoms with Crippen molar-refractivity contribution in [2.45, 2.75) is 11.2 Å². The molecular formula is C14H9Br2F3. The molecule has 0 N–H and O–H groups in total. The molecule has 0 aliphatic heterocycles. The lowest BCUT2D eigenvalue weighted by Gasteiger charge is -2.11. The van der Waals surface area contributed by atoms with Crippen molar-refractivity contribution in [3.05, 3.63) is 69.4 Å². The fraction of sp³-hybridized carbons (Fsp3) is 0.143. The summed E-state index contributed by atoms with van der Waals surface area (Å²) < 4.78 is 39.8. The minimum absolute atomic E-state index is 0.177. The number of hydrogen-bond acceptors (Lipinski definition) is 0. The zero-order valence-electron chi connectivity index (χ0n) is 9.64. The first-order valence-corrected chi connectivity index (χ1v) is 7.20. The van der Waals surface area contributed by atoms with Crippen molar-refractivity contribution in [1.82, 2.24) is 0 Å². The Labute approximate surface area is 125 Å². The molecule has 0 saturated heterocycles. The molecule has 0 nitrogen and oxygen atoms in total. The van der Waals surface area contributed by atoms with Gasteiger partial charge in [-0.2, -0.15) is 0 Å². The topological polar surface area (TPSA) is 0 Å². The van der Waals surface area contributed by atoms with Crippen LogP contribution in [0.3, 0.4) is 0 Å². The maximum Gasteiger partial charge on any atom is 0.159 e. The van der Waals surface area contributed by atoms with E-state index in [0.717, 1.165) is 17.7 Å². The number of hydrogen-bond donors (Lipinski definition) is 0. The second kappa shape index (κ2) is 6.09. The van der Waals surface area contributed by atoms with Gasteiger partial charge in [-0.3, -0.25) is 0 Å². The Hall–Kier alpha value is -0.810. The van der Waals surface area contributed by atoms with Gasteiger partial charge in [0.2, 0.25) is 0 Å². The molecule has 19 heavy (non-hydrogen) atoms. The lowest BCUT2D eigenvalue weighted by Crippen LogP contribution is -1.98. The number of rotatable bonds is 3. The van der Waals surface area contributed by atoms with E-state index in [4.69, 9.17) is 0 Å². The smallest absolute Gasteiger partial charge is 0.159 e. The third kappa shape index (κ3) is 3.83. The first kappa shape index (κ1) is 14.6. The van der Waals surface area contributed by atoms with Crippen molar-refractivity contribution < 1.29 is 13.2 Å². The zero-order valence-corrected chi connectivity index (χ0v) is 12.8. The third-order valence-corrected chi connectivity index (χ3v) is 3.96. The highest BCUT2D eigenvalue weighted by molar-refractivity contribution is 9.10. The van der Waals surface area contributed by atoms with Crippen molar-refractivity contribution >= 4 is 31.9 Å². The van der Waals surface area contributed by atoms with E-state index in [1.54, 1.807) is 6.07 Å². The predicted octanol–water partition coefficient (Wildman–Crippen LogP) is 5.55. The van der Waals surface area contributed by atoms with E-state index in [-0.39, 0.29) is 10.6 Å². The van der Waals surface area contributed by atoms with E-state index in [0.29, 0.717) is 16.5 Å². The Balaban J connectivity index is 2.20. The molecule has 2 rings (SSSR count). The highest BCUT2D eigenvalue weighted by atomic mass is 79.9. The van der Waals surface area contributed by atoms with Gasteiger partial charge in [-0.05, 0) is 47.9 Å². The zero-order chi connectivity index (χ0) is 14.0. The minimum Gasteiger partial charge on any atom is -0.207 e. The van der Waals surface area contributed by atoms with Crippen LogP contribution in [0.5, 0.6) is 0 Å². The Bertz CT molecular complexity index is 579. The lowest BCUT2D eigenvalue weighted by atomic mass is 10.0. The standard InChI is InChI=1S/C14H9Br2F3/c15-10-5-9(6-11(17)7-10)12(16)3-8-1-2-13(18)14(19)4-8/h1-2,4-7,12H,3H2. The maximum atomic E-state index is 13.3. The highest BCUT2D eigenvalue weighted by Gasteiger charge is 2.12. The molecule has 2 aromatic carbocycles. The first-order valence-electron chi connectivity index (χ1n) is 5.49. The quantitative estimate of drug-likeness (QED) is 0.600. The predicted molar refractivity (Wildman–Crippen MR) is 75.8 cm³/mol. The molecule has 0 amide bonds. The minimum atomic E-state index is -0.877. The summed E-state index contributed by atoms with van der Waals surface area (Å²) >= 11 is 6.65. The van der Waals surface area contributed by atoms with Gasteiger partial charge in [0.25, 0.3) is 0 Å². The normalized spacial score (nSPS) is 12.5. The molecule has 0 aliphatic rings.